The Morgan fingerprint density at radius 1 is 1.64 bits per heavy atom. The summed E-state index contributed by atoms with van der Waals surface area (Å²) < 4.78 is 1.72. The van der Waals surface area contributed by atoms with E-state index in [-0.39, 0.29) is 4.99 Å². The maximum Gasteiger partial charge on any atom is 0.208 e. The predicted molar refractivity (Wildman–Crippen MR) is 59.3 cm³/mol. The first kappa shape index (κ1) is 9.29. The van der Waals surface area contributed by atoms with E-state index in [0.29, 0.717) is 12.4 Å². The Kier molecular flexibility index (Phi) is 2.55. The number of thiocarbonyl (C=S) groups is 1. The SMILES string of the molecule is NC(=S)c1ncn(Cc2ccsc2)n1. The molecule has 0 amide bonds. The summed E-state index contributed by atoms with van der Waals surface area (Å²) >= 11 is 6.42. The van der Waals surface area contributed by atoms with Crippen LogP contribution in [-0.4, -0.2) is 19.8 Å². The lowest BCUT2D eigenvalue weighted by Gasteiger charge is -1.95. The third kappa shape index (κ3) is 1.97. The minimum absolute atomic E-state index is 0.231. The average Bonchev–Trinajstić information content (AvgIpc) is 2.75. The Morgan fingerprint density at radius 2 is 2.50 bits per heavy atom. The molecule has 2 heterocycles. The molecule has 0 atom stereocenters. The van der Waals surface area contributed by atoms with Crippen LogP contribution in [0.25, 0.3) is 0 Å². The molecule has 0 saturated carbocycles. The van der Waals surface area contributed by atoms with Crippen molar-refractivity contribution in [2.75, 3.05) is 0 Å². The van der Waals surface area contributed by atoms with E-state index in [2.05, 4.69) is 15.5 Å². The van der Waals surface area contributed by atoms with Gasteiger partial charge in [-0.2, -0.15) is 11.3 Å². The number of nitrogens with two attached hydrogens (primary N) is 1. The molecule has 0 saturated heterocycles. The number of hydrogen-bond acceptors (Lipinski definition) is 4. The summed E-state index contributed by atoms with van der Waals surface area (Å²) in [6, 6.07) is 2.05. The molecule has 2 N–H and O–H groups in total. The van der Waals surface area contributed by atoms with Gasteiger partial charge in [-0.1, -0.05) is 12.2 Å². The lowest BCUT2D eigenvalue weighted by molar-refractivity contribution is 0.685. The normalized spacial score (nSPS) is 10.3. The average molecular weight is 224 g/mol. The zero-order chi connectivity index (χ0) is 9.97. The molecule has 14 heavy (non-hydrogen) atoms. The highest BCUT2D eigenvalue weighted by molar-refractivity contribution is 7.80. The van der Waals surface area contributed by atoms with Crippen LogP contribution in [0.15, 0.2) is 23.2 Å². The van der Waals surface area contributed by atoms with Gasteiger partial charge in [0.25, 0.3) is 0 Å². The number of thiophene rings is 1. The van der Waals surface area contributed by atoms with Crippen molar-refractivity contribution in [2.24, 2.45) is 5.73 Å². The standard InChI is InChI=1S/C8H8N4S2/c9-7(13)8-10-5-12(11-8)3-6-1-2-14-4-6/h1-2,4-5H,3H2,(H2,9,13). The van der Waals surface area contributed by atoms with Gasteiger partial charge >= 0.3 is 0 Å². The maximum atomic E-state index is 5.40. The van der Waals surface area contributed by atoms with E-state index in [0.717, 1.165) is 0 Å². The van der Waals surface area contributed by atoms with Gasteiger partial charge in [0, 0.05) is 0 Å². The Morgan fingerprint density at radius 3 is 3.07 bits per heavy atom. The maximum absolute atomic E-state index is 5.40. The number of nitrogens with zero attached hydrogens (tertiary/aromatic N) is 3. The minimum Gasteiger partial charge on any atom is -0.387 e. The Balaban J connectivity index is 2.14. The van der Waals surface area contributed by atoms with Gasteiger partial charge in [-0.05, 0) is 22.4 Å². The van der Waals surface area contributed by atoms with Crippen LogP contribution < -0.4 is 5.73 Å². The molecule has 2 aromatic heterocycles. The molecule has 2 aromatic rings. The van der Waals surface area contributed by atoms with E-state index in [1.807, 2.05) is 11.4 Å². The monoisotopic (exact) mass is 224 g/mol. The molecule has 2 rings (SSSR count). The molecule has 0 aliphatic rings. The van der Waals surface area contributed by atoms with E-state index in [1.165, 1.54) is 5.56 Å². The lowest BCUT2D eigenvalue weighted by Crippen LogP contribution is -2.12. The molecule has 0 aliphatic heterocycles. The van der Waals surface area contributed by atoms with Crippen molar-refractivity contribution in [1.82, 2.24) is 14.8 Å². The zero-order valence-electron chi connectivity index (χ0n) is 7.25. The van der Waals surface area contributed by atoms with Crippen LogP contribution in [0.4, 0.5) is 0 Å². The first-order chi connectivity index (χ1) is 6.75. The van der Waals surface area contributed by atoms with Crippen LogP contribution in [-0.2, 0) is 6.54 Å². The molecule has 0 radical (unpaired) electrons. The van der Waals surface area contributed by atoms with Crippen molar-refractivity contribution in [1.29, 1.82) is 0 Å². The fourth-order valence-electron chi connectivity index (χ4n) is 1.05. The number of hydrogen-bond donors (Lipinski definition) is 1. The molecule has 72 valence electrons. The summed E-state index contributed by atoms with van der Waals surface area (Å²) in [5.74, 6) is 0.426. The van der Waals surface area contributed by atoms with Gasteiger partial charge in [0.1, 0.15) is 11.3 Å². The van der Waals surface area contributed by atoms with E-state index in [9.17, 15) is 0 Å². The fraction of sp³-hybridized carbons (Fsp3) is 0.125. The summed E-state index contributed by atoms with van der Waals surface area (Å²) in [5, 5.41) is 8.23. The topological polar surface area (TPSA) is 56.7 Å². The summed E-state index contributed by atoms with van der Waals surface area (Å²) in [7, 11) is 0. The lowest BCUT2D eigenvalue weighted by atomic mass is 10.3. The second-order valence-electron chi connectivity index (χ2n) is 2.76. The number of rotatable bonds is 3. The van der Waals surface area contributed by atoms with Gasteiger partial charge in [0.2, 0.25) is 5.82 Å². The summed E-state index contributed by atoms with van der Waals surface area (Å²) in [6.45, 7) is 0.707. The highest BCUT2D eigenvalue weighted by atomic mass is 32.1. The predicted octanol–water partition coefficient (Wildman–Crippen LogP) is 1.02. The highest BCUT2D eigenvalue weighted by Crippen LogP contribution is 2.07. The van der Waals surface area contributed by atoms with Crippen LogP contribution in [0.2, 0.25) is 0 Å². The van der Waals surface area contributed by atoms with Gasteiger partial charge in [-0.25, -0.2) is 9.67 Å². The molecule has 0 spiro atoms. The van der Waals surface area contributed by atoms with Crippen molar-refractivity contribution >= 4 is 28.5 Å². The molecule has 0 bridgehead atoms. The molecule has 0 fully saturated rings. The van der Waals surface area contributed by atoms with E-state index in [1.54, 1.807) is 22.3 Å². The zero-order valence-corrected chi connectivity index (χ0v) is 8.88. The summed E-state index contributed by atoms with van der Waals surface area (Å²) in [5.41, 5.74) is 6.60. The fourth-order valence-corrected chi connectivity index (χ4v) is 1.81. The number of aromatic nitrogens is 3. The first-order valence-electron chi connectivity index (χ1n) is 3.96. The molecular formula is C8H8N4S2. The minimum atomic E-state index is 0.231. The van der Waals surface area contributed by atoms with E-state index in [4.69, 9.17) is 18.0 Å². The third-order valence-electron chi connectivity index (χ3n) is 1.68. The molecule has 0 aromatic carbocycles. The summed E-state index contributed by atoms with van der Waals surface area (Å²) in [4.78, 5) is 4.22. The quantitative estimate of drug-likeness (QED) is 0.791. The Hall–Kier alpha value is -1.27. The molecule has 0 aliphatic carbocycles. The smallest absolute Gasteiger partial charge is 0.208 e. The van der Waals surface area contributed by atoms with Gasteiger partial charge in [-0.3, -0.25) is 0 Å². The molecule has 6 heteroatoms. The Labute approximate surface area is 90.4 Å². The van der Waals surface area contributed by atoms with Crippen molar-refractivity contribution in [3.63, 3.8) is 0 Å². The second kappa shape index (κ2) is 3.85. The van der Waals surface area contributed by atoms with Crippen molar-refractivity contribution in [3.8, 4) is 0 Å². The Bertz CT molecular complexity index is 432. The van der Waals surface area contributed by atoms with Gasteiger partial charge in [-0.15, -0.1) is 5.10 Å². The van der Waals surface area contributed by atoms with Crippen LogP contribution >= 0.6 is 23.6 Å². The van der Waals surface area contributed by atoms with Crippen molar-refractivity contribution in [3.05, 3.63) is 34.5 Å². The van der Waals surface area contributed by atoms with E-state index < -0.39 is 0 Å². The first-order valence-corrected chi connectivity index (χ1v) is 5.31. The highest BCUT2D eigenvalue weighted by Gasteiger charge is 2.03. The van der Waals surface area contributed by atoms with Crippen LogP contribution in [0.1, 0.15) is 11.4 Å². The second-order valence-corrected chi connectivity index (χ2v) is 3.98. The third-order valence-corrected chi connectivity index (χ3v) is 2.60. The van der Waals surface area contributed by atoms with Gasteiger partial charge < -0.3 is 5.73 Å². The van der Waals surface area contributed by atoms with Crippen LogP contribution in [0, 0.1) is 0 Å². The van der Waals surface area contributed by atoms with Gasteiger partial charge in [0.15, 0.2) is 0 Å². The van der Waals surface area contributed by atoms with E-state index >= 15 is 0 Å². The van der Waals surface area contributed by atoms with Crippen LogP contribution in [0.3, 0.4) is 0 Å². The van der Waals surface area contributed by atoms with Crippen LogP contribution in [0.5, 0.6) is 0 Å². The summed E-state index contributed by atoms with van der Waals surface area (Å²) in [6.07, 6.45) is 1.63. The van der Waals surface area contributed by atoms with Crippen molar-refractivity contribution < 1.29 is 0 Å². The molecule has 0 unspecified atom stereocenters. The van der Waals surface area contributed by atoms with Crippen molar-refractivity contribution in [2.45, 2.75) is 6.54 Å². The van der Waals surface area contributed by atoms with Gasteiger partial charge in [0.05, 0.1) is 6.54 Å². The molecular weight excluding hydrogens is 216 g/mol. The molecule has 4 nitrogen and oxygen atoms in total. The largest absolute Gasteiger partial charge is 0.387 e.